The van der Waals surface area contributed by atoms with Crippen molar-refractivity contribution in [3.8, 4) is 0 Å². The number of carbonyl (C=O) groups excluding carboxylic acids is 1. The van der Waals surface area contributed by atoms with Gasteiger partial charge in [-0.3, -0.25) is 9.79 Å². The van der Waals surface area contributed by atoms with Crippen LogP contribution in [0.5, 0.6) is 0 Å². The van der Waals surface area contributed by atoms with Gasteiger partial charge in [-0.05, 0) is 30.5 Å². The van der Waals surface area contributed by atoms with Gasteiger partial charge in [0, 0.05) is 36.8 Å². The first-order chi connectivity index (χ1) is 10.6. The highest BCUT2D eigenvalue weighted by molar-refractivity contribution is 8.14. The van der Waals surface area contributed by atoms with E-state index in [1.807, 2.05) is 31.3 Å². The van der Waals surface area contributed by atoms with Crippen molar-refractivity contribution in [2.24, 2.45) is 4.99 Å². The zero-order valence-electron chi connectivity index (χ0n) is 13.0. The molecule has 1 saturated carbocycles. The normalized spacial score (nSPS) is 22.1. The molecule has 1 aromatic carbocycles. The molecule has 2 aliphatic rings. The van der Waals surface area contributed by atoms with Crippen LogP contribution in [-0.4, -0.2) is 40.9 Å². The fourth-order valence-electron chi connectivity index (χ4n) is 2.31. The fraction of sp³-hybridized carbons (Fsp3) is 0.500. The van der Waals surface area contributed by atoms with Gasteiger partial charge in [0.1, 0.15) is 0 Å². The Morgan fingerprint density at radius 3 is 2.74 bits per heavy atom. The predicted molar refractivity (Wildman–Crippen MR) is 99.6 cm³/mol. The van der Waals surface area contributed by atoms with Crippen LogP contribution >= 0.6 is 35.8 Å². The van der Waals surface area contributed by atoms with Crippen LogP contribution in [0, 0.1) is 0 Å². The smallest absolute Gasteiger partial charge is 0.222 e. The Labute approximate surface area is 152 Å². The first kappa shape index (κ1) is 18.4. The summed E-state index contributed by atoms with van der Waals surface area (Å²) in [7, 11) is 2.04. The quantitative estimate of drug-likeness (QED) is 0.860. The first-order valence-corrected chi connectivity index (χ1v) is 8.93. The lowest BCUT2D eigenvalue weighted by Gasteiger charge is -2.20. The molecule has 2 fully saturated rings. The van der Waals surface area contributed by atoms with Gasteiger partial charge >= 0.3 is 0 Å². The Balaban J connectivity index is 0.00000192. The molecule has 7 heteroatoms. The fourth-order valence-corrected chi connectivity index (χ4v) is 3.70. The highest BCUT2D eigenvalue weighted by Gasteiger charge is 2.31. The topological polar surface area (TPSA) is 44.7 Å². The number of nitrogens with one attached hydrogen (secondary N) is 1. The van der Waals surface area contributed by atoms with Gasteiger partial charge in [-0.2, -0.15) is 0 Å². The maximum Gasteiger partial charge on any atom is 0.222 e. The molecule has 1 atom stereocenters. The molecule has 1 aliphatic heterocycles. The van der Waals surface area contributed by atoms with E-state index >= 15 is 0 Å². The van der Waals surface area contributed by atoms with Gasteiger partial charge in [0.2, 0.25) is 5.91 Å². The van der Waals surface area contributed by atoms with Crippen molar-refractivity contribution in [1.82, 2.24) is 10.2 Å². The van der Waals surface area contributed by atoms with Gasteiger partial charge in [-0.15, -0.1) is 12.4 Å². The summed E-state index contributed by atoms with van der Waals surface area (Å²) in [5, 5.41) is 4.78. The van der Waals surface area contributed by atoms with Crippen molar-refractivity contribution in [2.75, 3.05) is 12.8 Å². The SMILES string of the molecule is CN1C(=NC2CC2)SCC1CC(=O)NCc1ccc(Cl)cc1.Cl. The minimum atomic E-state index is 0. The molecule has 1 unspecified atom stereocenters. The molecule has 3 rings (SSSR count). The van der Waals surface area contributed by atoms with Crippen LogP contribution in [-0.2, 0) is 11.3 Å². The van der Waals surface area contributed by atoms with Crippen molar-refractivity contribution in [3.63, 3.8) is 0 Å². The number of halogens is 2. The summed E-state index contributed by atoms with van der Waals surface area (Å²) >= 11 is 7.62. The average molecular weight is 374 g/mol. The first-order valence-electron chi connectivity index (χ1n) is 7.56. The lowest BCUT2D eigenvalue weighted by atomic mass is 10.2. The lowest BCUT2D eigenvalue weighted by molar-refractivity contribution is -0.121. The van der Waals surface area contributed by atoms with E-state index in [0.717, 1.165) is 16.5 Å². The molecule has 1 aliphatic carbocycles. The molecule has 0 bridgehead atoms. The highest BCUT2D eigenvalue weighted by Crippen LogP contribution is 2.30. The van der Waals surface area contributed by atoms with Crippen molar-refractivity contribution in [1.29, 1.82) is 0 Å². The number of hydrogen-bond acceptors (Lipinski definition) is 3. The molecule has 1 saturated heterocycles. The van der Waals surface area contributed by atoms with Crippen LogP contribution in [0.2, 0.25) is 5.02 Å². The summed E-state index contributed by atoms with van der Waals surface area (Å²) in [5.74, 6) is 1.02. The number of hydrogen-bond donors (Lipinski definition) is 1. The third-order valence-electron chi connectivity index (χ3n) is 3.92. The van der Waals surface area contributed by atoms with Gasteiger partial charge in [-0.1, -0.05) is 35.5 Å². The molecule has 0 radical (unpaired) electrons. The summed E-state index contributed by atoms with van der Waals surface area (Å²) in [6, 6.07) is 8.31. The number of nitrogens with zero attached hydrogens (tertiary/aromatic N) is 2. The number of amidine groups is 1. The molecule has 4 nitrogen and oxygen atoms in total. The molecule has 23 heavy (non-hydrogen) atoms. The van der Waals surface area contributed by atoms with Crippen LogP contribution in [0.3, 0.4) is 0 Å². The van der Waals surface area contributed by atoms with Gasteiger partial charge in [-0.25, -0.2) is 0 Å². The van der Waals surface area contributed by atoms with Crippen molar-refractivity contribution >= 4 is 46.8 Å². The van der Waals surface area contributed by atoms with Crippen molar-refractivity contribution in [2.45, 2.75) is 37.9 Å². The largest absolute Gasteiger partial charge is 0.352 e. The Morgan fingerprint density at radius 1 is 1.39 bits per heavy atom. The van der Waals surface area contributed by atoms with E-state index in [2.05, 4.69) is 15.2 Å². The summed E-state index contributed by atoms with van der Waals surface area (Å²) < 4.78 is 0. The Kier molecular flexibility index (Phi) is 6.62. The number of benzene rings is 1. The third kappa shape index (κ3) is 5.30. The minimum absolute atomic E-state index is 0. The Hall–Kier alpha value is -0.910. The number of amides is 1. The third-order valence-corrected chi connectivity index (χ3v) is 5.37. The maximum absolute atomic E-state index is 12.1. The molecular weight excluding hydrogens is 353 g/mol. The van der Waals surface area contributed by atoms with E-state index in [4.69, 9.17) is 11.6 Å². The molecular formula is C16H21Cl2N3OS. The Bertz CT molecular complexity index is 575. The van der Waals surface area contributed by atoms with Crippen molar-refractivity contribution < 1.29 is 4.79 Å². The van der Waals surface area contributed by atoms with Gasteiger partial charge < -0.3 is 10.2 Å². The van der Waals surface area contributed by atoms with E-state index in [9.17, 15) is 4.79 Å². The number of carbonyl (C=O) groups is 1. The summed E-state index contributed by atoms with van der Waals surface area (Å²) in [6.07, 6.45) is 2.94. The van der Waals surface area contributed by atoms with Crippen LogP contribution in [0.15, 0.2) is 29.3 Å². The Morgan fingerprint density at radius 2 is 2.09 bits per heavy atom. The second kappa shape index (κ2) is 8.27. The molecule has 0 aromatic heterocycles. The zero-order valence-corrected chi connectivity index (χ0v) is 15.4. The number of thioether (sulfide) groups is 1. The summed E-state index contributed by atoms with van der Waals surface area (Å²) in [6.45, 7) is 0.544. The van der Waals surface area contributed by atoms with Crippen molar-refractivity contribution in [3.05, 3.63) is 34.9 Å². The second-order valence-electron chi connectivity index (χ2n) is 5.83. The predicted octanol–water partition coefficient (Wildman–Crippen LogP) is 3.33. The van der Waals surface area contributed by atoms with Crippen LogP contribution in [0.4, 0.5) is 0 Å². The molecule has 126 valence electrons. The lowest BCUT2D eigenvalue weighted by Crippen LogP contribution is -2.35. The standard InChI is InChI=1S/C16H20ClN3OS.ClH/c1-20-14(10-22-16(20)19-13-6-7-13)8-15(21)18-9-11-2-4-12(17)5-3-11;/h2-5,13-14H,6-10H2,1H3,(H,18,21);1H. The average Bonchev–Trinajstić information content (AvgIpc) is 3.26. The monoisotopic (exact) mass is 373 g/mol. The molecule has 1 N–H and O–H groups in total. The van der Waals surface area contributed by atoms with Gasteiger partial charge in [0.15, 0.2) is 5.17 Å². The van der Waals surface area contributed by atoms with E-state index in [1.165, 1.54) is 12.8 Å². The maximum atomic E-state index is 12.1. The summed E-state index contributed by atoms with van der Waals surface area (Å²) in [4.78, 5) is 19.0. The van der Waals surface area contributed by atoms with E-state index in [1.54, 1.807) is 11.8 Å². The van der Waals surface area contributed by atoms with Crippen LogP contribution in [0.25, 0.3) is 0 Å². The molecule has 0 spiro atoms. The van der Waals surface area contributed by atoms with E-state index < -0.39 is 0 Å². The van der Waals surface area contributed by atoms with Crippen LogP contribution < -0.4 is 5.32 Å². The molecule has 1 aromatic rings. The minimum Gasteiger partial charge on any atom is -0.352 e. The van der Waals surface area contributed by atoms with Gasteiger partial charge in [0.05, 0.1) is 6.04 Å². The summed E-state index contributed by atoms with van der Waals surface area (Å²) in [5.41, 5.74) is 1.06. The highest BCUT2D eigenvalue weighted by atomic mass is 35.5. The number of rotatable bonds is 5. The number of aliphatic imine (C=N–C) groups is 1. The molecule has 1 heterocycles. The zero-order chi connectivity index (χ0) is 15.5. The molecule has 1 amide bonds. The second-order valence-corrected chi connectivity index (χ2v) is 7.25. The van der Waals surface area contributed by atoms with E-state index in [-0.39, 0.29) is 24.4 Å². The van der Waals surface area contributed by atoms with Crippen LogP contribution in [0.1, 0.15) is 24.8 Å². The van der Waals surface area contributed by atoms with Gasteiger partial charge in [0.25, 0.3) is 0 Å². The van der Waals surface area contributed by atoms with E-state index in [0.29, 0.717) is 24.0 Å².